The Hall–Kier alpha value is -2.67. The fourth-order valence-electron chi connectivity index (χ4n) is 2.10. The predicted molar refractivity (Wildman–Crippen MR) is 74.1 cm³/mol. The van der Waals surface area contributed by atoms with E-state index in [9.17, 15) is 14.7 Å². The van der Waals surface area contributed by atoms with Crippen LogP contribution < -0.4 is 5.73 Å². The summed E-state index contributed by atoms with van der Waals surface area (Å²) in [5.41, 5.74) is 5.60. The summed E-state index contributed by atoms with van der Waals surface area (Å²) in [6.07, 6.45) is 2.86. The molecule has 0 aromatic carbocycles. The summed E-state index contributed by atoms with van der Waals surface area (Å²) in [7, 11) is 0. The second kappa shape index (κ2) is 4.46. The maximum absolute atomic E-state index is 12.4. The molecule has 0 spiro atoms. The van der Waals surface area contributed by atoms with E-state index in [4.69, 9.17) is 5.73 Å². The van der Waals surface area contributed by atoms with E-state index in [1.165, 1.54) is 23.7 Å². The lowest BCUT2D eigenvalue weighted by molar-refractivity contribution is 0.104. The number of aromatic nitrogens is 2. The van der Waals surface area contributed by atoms with Crippen LogP contribution in [0.2, 0.25) is 0 Å². The molecule has 0 aliphatic heterocycles. The van der Waals surface area contributed by atoms with Crippen molar-refractivity contribution in [3.05, 3.63) is 46.4 Å². The number of nitrogens with zero attached hydrogens (tertiary/aromatic N) is 2. The quantitative estimate of drug-likeness (QED) is 0.704. The van der Waals surface area contributed by atoms with Crippen molar-refractivity contribution in [3.8, 4) is 5.88 Å². The van der Waals surface area contributed by atoms with Gasteiger partial charge in [-0.1, -0.05) is 6.07 Å². The van der Waals surface area contributed by atoms with Crippen molar-refractivity contribution in [1.82, 2.24) is 9.55 Å². The number of hydrogen-bond donors (Lipinski definition) is 2. The maximum Gasteiger partial charge on any atom is 0.326 e. The highest BCUT2D eigenvalue weighted by Gasteiger charge is 2.25. The molecule has 0 saturated heterocycles. The number of primary amides is 1. The molecule has 100 valence electrons. The second-order valence-electron chi connectivity index (χ2n) is 4.07. The largest absolute Gasteiger partial charge is 0.494 e. The van der Waals surface area contributed by atoms with Gasteiger partial charge in [0.2, 0.25) is 11.7 Å². The number of carbonyl (C=O) groups is 2. The third-order valence-corrected chi connectivity index (χ3v) is 3.81. The minimum Gasteiger partial charge on any atom is -0.494 e. The zero-order chi connectivity index (χ0) is 14.3. The Labute approximate surface area is 117 Å². The van der Waals surface area contributed by atoms with Gasteiger partial charge in [0.15, 0.2) is 0 Å². The highest BCUT2D eigenvalue weighted by Crippen LogP contribution is 2.33. The average Bonchev–Trinajstić information content (AvgIpc) is 3.02. The van der Waals surface area contributed by atoms with E-state index in [0.717, 1.165) is 4.57 Å². The number of fused-ring (bicyclic) bond motifs is 1. The molecule has 7 heteroatoms. The molecule has 1 amide bonds. The van der Waals surface area contributed by atoms with Crippen molar-refractivity contribution < 1.29 is 14.7 Å². The first-order valence-corrected chi connectivity index (χ1v) is 6.54. The van der Waals surface area contributed by atoms with Crippen LogP contribution in [-0.2, 0) is 0 Å². The van der Waals surface area contributed by atoms with Crippen molar-refractivity contribution in [2.24, 2.45) is 5.73 Å². The molecule has 0 unspecified atom stereocenters. The van der Waals surface area contributed by atoms with Crippen LogP contribution in [0.25, 0.3) is 10.9 Å². The van der Waals surface area contributed by atoms with Gasteiger partial charge in [0.05, 0.1) is 22.2 Å². The molecule has 3 aromatic rings. The number of rotatable bonds is 2. The summed E-state index contributed by atoms with van der Waals surface area (Å²) in [4.78, 5) is 28.2. The van der Waals surface area contributed by atoms with Crippen molar-refractivity contribution in [2.75, 3.05) is 0 Å². The molecule has 0 atom stereocenters. The third-order valence-electron chi connectivity index (χ3n) is 2.94. The molecule has 0 fully saturated rings. The smallest absolute Gasteiger partial charge is 0.326 e. The number of ketones is 1. The van der Waals surface area contributed by atoms with E-state index in [-0.39, 0.29) is 11.3 Å². The second-order valence-corrected chi connectivity index (χ2v) is 5.02. The highest BCUT2D eigenvalue weighted by molar-refractivity contribution is 7.12. The van der Waals surface area contributed by atoms with Gasteiger partial charge < -0.3 is 10.8 Å². The summed E-state index contributed by atoms with van der Waals surface area (Å²) >= 11 is 1.26. The van der Waals surface area contributed by atoms with Crippen LogP contribution in [0, 0.1) is 0 Å². The molecule has 3 aromatic heterocycles. The minimum atomic E-state index is -0.870. The Morgan fingerprint density at radius 1 is 1.35 bits per heavy atom. The van der Waals surface area contributed by atoms with Gasteiger partial charge in [0.25, 0.3) is 0 Å². The summed E-state index contributed by atoms with van der Waals surface area (Å²) in [6, 6.07) is 4.09. The first-order chi connectivity index (χ1) is 9.61. The Balaban J connectivity index is 2.34. The molecular formula is C13H9N3O3S. The van der Waals surface area contributed by atoms with Gasteiger partial charge in [-0.05, 0) is 17.5 Å². The number of carbonyl (C=O) groups excluding carboxylic acids is 2. The Morgan fingerprint density at radius 3 is 2.80 bits per heavy atom. The summed E-state index contributed by atoms with van der Waals surface area (Å²) in [5, 5.41) is 12.4. The van der Waals surface area contributed by atoms with E-state index < -0.39 is 11.9 Å². The standard InChI is InChI=1S/C13H9N3O3S/c14-13(19)16-8-6-15-4-3-7(8)10(12(16)18)11(17)9-2-1-5-20-9/h1-6,18H,(H2,14,19). The molecule has 0 aliphatic rings. The monoisotopic (exact) mass is 287 g/mol. The van der Waals surface area contributed by atoms with Crippen molar-refractivity contribution in [2.45, 2.75) is 0 Å². The van der Waals surface area contributed by atoms with E-state index in [0.29, 0.717) is 15.8 Å². The number of aromatic hydroxyl groups is 1. The Morgan fingerprint density at radius 2 is 2.15 bits per heavy atom. The van der Waals surface area contributed by atoms with Gasteiger partial charge in [-0.25, -0.2) is 9.36 Å². The molecule has 0 saturated carbocycles. The van der Waals surface area contributed by atoms with Gasteiger partial charge in [-0.15, -0.1) is 11.3 Å². The predicted octanol–water partition coefficient (Wildman–Crippen LogP) is 1.96. The number of amides is 1. The van der Waals surface area contributed by atoms with Crippen molar-refractivity contribution in [3.63, 3.8) is 0 Å². The van der Waals surface area contributed by atoms with Gasteiger partial charge in [0.1, 0.15) is 0 Å². The first-order valence-electron chi connectivity index (χ1n) is 5.66. The van der Waals surface area contributed by atoms with Crippen LogP contribution in [0.4, 0.5) is 4.79 Å². The van der Waals surface area contributed by atoms with Gasteiger partial charge in [-0.3, -0.25) is 9.78 Å². The molecule has 3 heterocycles. The number of nitrogens with two attached hydrogens (primary N) is 1. The SMILES string of the molecule is NC(=O)n1c(O)c(C(=O)c2cccs2)c2ccncc21. The topological polar surface area (TPSA) is 98.2 Å². The highest BCUT2D eigenvalue weighted by atomic mass is 32.1. The number of pyridine rings is 1. The lowest BCUT2D eigenvalue weighted by atomic mass is 10.1. The number of hydrogen-bond acceptors (Lipinski definition) is 5. The van der Waals surface area contributed by atoms with Gasteiger partial charge in [-0.2, -0.15) is 0 Å². The zero-order valence-corrected chi connectivity index (χ0v) is 10.9. The molecule has 3 rings (SSSR count). The van der Waals surface area contributed by atoms with Crippen LogP contribution in [-0.4, -0.2) is 26.5 Å². The summed E-state index contributed by atoms with van der Waals surface area (Å²) in [6.45, 7) is 0. The molecule has 3 N–H and O–H groups in total. The van der Waals surface area contributed by atoms with Gasteiger partial charge in [0, 0.05) is 11.6 Å². The van der Waals surface area contributed by atoms with E-state index in [1.807, 2.05) is 0 Å². The van der Waals surface area contributed by atoms with Crippen molar-refractivity contribution >= 4 is 34.1 Å². The normalized spacial score (nSPS) is 10.8. The third kappa shape index (κ3) is 1.68. The summed E-state index contributed by atoms with van der Waals surface area (Å²) < 4.78 is 0.878. The lowest BCUT2D eigenvalue weighted by Crippen LogP contribution is -2.19. The van der Waals surface area contributed by atoms with Crippen LogP contribution in [0.3, 0.4) is 0 Å². The first kappa shape index (κ1) is 12.4. The minimum absolute atomic E-state index is 0.0589. The molecule has 0 bridgehead atoms. The Bertz CT molecular complexity index is 821. The fraction of sp³-hybridized carbons (Fsp3) is 0. The zero-order valence-electron chi connectivity index (χ0n) is 10.1. The molecule has 6 nitrogen and oxygen atoms in total. The van der Waals surface area contributed by atoms with Crippen LogP contribution in [0.1, 0.15) is 15.2 Å². The molecule has 20 heavy (non-hydrogen) atoms. The average molecular weight is 287 g/mol. The van der Waals surface area contributed by atoms with E-state index in [2.05, 4.69) is 4.98 Å². The number of thiophene rings is 1. The molecular weight excluding hydrogens is 278 g/mol. The van der Waals surface area contributed by atoms with Gasteiger partial charge >= 0.3 is 6.03 Å². The van der Waals surface area contributed by atoms with Crippen LogP contribution in [0.15, 0.2) is 36.0 Å². The lowest BCUT2D eigenvalue weighted by Gasteiger charge is -2.00. The van der Waals surface area contributed by atoms with E-state index in [1.54, 1.807) is 23.6 Å². The summed E-state index contributed by atoms with van der Waals surface area (Å²) in [5.74, 6) is -0.812. The molecule has 0 radical (unpaired) electrons. The molecule has 0 aliphatic carbocycles. The van der Waals surface area contributed by atoms with Crippen LogP contribution >= 0.6 is 11.3 Å². The maximum atomic E-state index is 12.4. The van der Waals surface area contributed by atoms with Crippen LogP contribution in [0.5, 0.6) is 5.88 Å². The van der Waals surface area contributed by atoms with Crippen molar-refractivity contribution in [1.29, 1.82) is 0 Å². The van der Waals surface area contributed by atoms with E-state index >= 15 is 0 Å². The fourth-order valence-corrected chi connectivity index (χ4v) is 2.77. The Kier molecular flexibility index (Phi) is 2.76.